The first-order valence-corrected chi connectivity index (χ1v) is 9.62. The van der Waals surface area contributed by atoms with Crippen LogP contribution in [0.1, 0.15) is 11.1 Å². The molecule has 1 unspecified atom stereocenters. The molecular formula is C23H15Cl2N2O2+. The zero-order chi connectivity index (χ0) is 20.5. The number of urea groups is 1. The molecule has 2 aromatic carbocycles. The predicted molar refractivity (Wildman–Crippen MR) is 115 cm³/mol. The molecule has 0 aromatic heterocycles. The smallest absolute Gasteiger partial charge is 0.245 e. The number of fused-ring (bicyclic) bond motifs is 1. The van der Waals surface area contributed by atoms with E-state index >= 15 is 0 Å². The molecule has 0 saturated carbocycles. The average molecular weight is 422 g/mol. The molecule has 2 aromatic rings. The molecule has 0 bridgehead atoms. The van der Waals surface area contributed by atoms with Crippen LogP contribution >= 0.6 is 23.2 Å². The van der Waals surface area contributed by atoms with Crippen molar-refractivity contribution in [1.29, 1.82) is 0 Å². The van der Waals surface area contributed by atoms with Crippen molar-refractivity contribution in [2.75, 3.05) is 11.9 Å². The van der Waals surface area contributed by atoms with Crippen LogP contribution in [0.5, 0.6) is 0 Å². The summed E-state index contributed by atoms with van der Waals surface area (Å²) >= 11 is 12.5. The third-order valence-corrected chi connectivity index (χ3v) is 5.26. The van der Waals surface area contributed by atoms with Crippen LogP contribution in [0.4, 0.5) is 10.5 Å². The van der Waals surface area contributed by atoms with Gasteiger partial charge in [0.15, 0.2) is 5.69 Å². The summed E-state index contributed by atoms with van der Waals surface area (Å²) in [6.45, 7) is 0. The highest BCUT2D eigenvalue weighted by Crippen LogP contribution is 2.32. The first-order valence-electron chi connectivity index (χ1n) is 8.86. The predicted octanol–water partition coefficient (Wildman–Crippen LogP) is 4.60. The molecule has 1 aliphatic carbocycles. The minimum Gasteiger partial charge on any atom is -0.245 e. The van der Waals surface area contributed by atoms with Gasteiger partial charge >= 0.3 is 11.9 Å². The van der Waals surface area contributed by atoms with Crippen molar-refractivity contribution in [3.63, 3.8) is 0 Å². The summed E-state index contributed by atoms with van der Waals surface area (Å²) in [5.74, 6) is 5.14. The molecule has 6 heteroatoms. The van der Waals surface area contributed by atoms with Crippen LogP contribution < -0.4 is 4.90 Å². The number of amides is 3. The summed E-state index contributed by atoms with van der Waals surface area (Å²) in [4.78, 5) is 27.0. The summed E-state index contributed by atoms with van der Waals surface area (Å²) in [5.41, 5.74) is 2.44. The Balaban J connectivity index is 1.69. The number of halogens is 2. The number of nitrogens with zero attached hydrogens (tertiary/aromatic N) is 2. The van der Waals surface area contributed by atoms with Gasteiger partial charge in [-0.15, -0.1) is 4.90 Å². The fourth-order valence-electron chi connectivity index (χ4n) is 3.23. The monoisotopic (exact) mass is 421 g/mol. The zero-order valence-electron chi connectivity index (χ0n) is 15.4. The maximum absolute atomic E-state index is 13.0. The first-order chi connectivity index (χ1) is 14.0. The molecule has 2 aliphatic rings. The van der Waals surface area contributed by atoms with Crippen molar-refractivity contribution in [3.8, 4) is 11.8 Å². The number of allylic oxidation sites excluding steroid dienone is 3. The normalized spacial score (nSPS) is 18.2. The number of carbonyl (C=O) groups excluding carboxylic acids is 2. The van der Waals surface area contributed by atoms with Crippen LogP contribution in [-0.4, -0.2) is 29.3 Å². The highest BCUT2D eigenvalue weighted by Gasteiger charge is 2.47. The minimum absolute atomic E-state index is 0.275. The van der Waals surface area contributed by atoms with Crippen molar-refractivity contribution in [3.05, 3.63) is 87.9 Å². The molecule has 0 N–H and O–H groups in total. The second-order valence-corrected chi connectivity index (χ2v) is 7.43. The van der Waals surface area contributed by atoms with Gasteiger partial charge in [0.25, 0.3) is 0 Å². The van der Waals surface area contributed by atoms with Gasteiger partial charge in [-0.1, -0.05) is 59.3 Å². The lowest BCUT2D eigenvalue weighted by Gasteiger charge is -2.25. The van der Waals surface area contributed by atoms with E-state index in [0.29, 0.717) is 22.0 Å². The number of anilines is 1. The van der Waals surface area contributed by atoms with E-state index in [0.717, 1.165) is 10.5 Å². The maximum Gasteiger partial charge on any atom is 0.506 e. The van der Waals surface area contributed by atoms with Crippen LogP contribution in [0.3, 0.4) is 0 Å². The van der Waals surface area contributed by atoms with E-state index in [9.17, 15) is 9.59 Å². The number of imide groups is 1. The number of carbonyl (C=O) groups is 2. The Kier molecular flexibility index (Phi) is 5.10. The van der Waals surface area contributed by atoms with Crippen LogP contribution in [0.25, 0.3) is 0 Å². The topological polar surface area (TPSA) is 40.4 Å². The number of hydrogen-bond acceptors (Lipinski definition) is 2. The molecule has 1 atom stereocenters. The van der Waals surface area contributed by atoms with Gasteiger partial charge in [0.2, 0.25) is 0 Å². The van der Waals surface area contributed by atoms with E-state index in [1.165, 1.54) is 4.58 Å². The van der Waals surface area contributed by atoms with Crippen LogP contribution in [0, 0.1) is 17.8 Å². The SMILES string of the molecule is C[N+]1=C2C=C(Cl)C=CC2C(=O)N(c2ccc(C#Cc3ccccc3)cc2Cl)C1=O. The maximum atomic E-state index is 13.0. The molecule has 4 nitrogen and oxygen atoms in total. The van der Waals surface area contributed by atoms with Gasteiger partial charge in [-0.2, -0.15) is 9.37 Å². The fraction of sp³-hybridized carbons (Fsp3) is 0.0870. The Morgan fingerprint density at radius 1 is 1.00 bits per heavy atom. The van der Waals surface area contributed by atoms with Crippen molar-refractivity contribution in [2.45, 2.75) is 0 Å². The van der Waals surface area contributed by atoms with E-state index < -0.39 is 11.9 Å². The van der Waals surface area contributed by atoms with Gasteiger partial charge in [-0.05, 0) is 36.4 Å². The van der Waals surface area contributed by atoms with Gasteiger partial charge < -0.3 is 0 Å². The van der Waals surface area contributed by atoms with E-state index in [2.05, 4.69) is 11.8 Å². The summed E-state index contributed by atoms with van der Waals surface area (Å²) < 4.78 is 1.41. The quantitative estimate of drug-likeness (QED) is 0.498. The Morgan fingerprint density at radius 2 is 1.72 bits per heavy atom. The molecule has 29 heavy (non-hydrogen) atoms. The third-order valence-electron chi connectivity index (χ3n) is 4.72. The number of rotatable bonds is 1. The standard InChI is InChI=1S/C23H15Cl2N2O2/c1-26-21-14-17(24)10-11-18(21)22(28)27(23(26)29)20-12-9-16(13-19(20)25)8-7-15-5-3-2-4-6-15/h2-6,9-14,18H,1H3/q+1. The molecule has 3 amide bonds. The van der Waals surface area contributed by atoms with Crippen LogP contribution in [0.15, 0.2) is 71.8 Å². The van der Waals surface area contributed by atoms with E-state index in [4.69, 9.17) is 23.2 Å². The molecule has 1 aliphatic heterocycles. The highest BCUT2D eigenvalue weighted by molar-refractivity contribution is 6.37. The van der Waals surface area contributed by atoms with Gasteiger partial charge in [0, 0.05) is 22.2 Å². The van der Waals surface area contributed by atoms with Gasteiger partial charge in [-0.25, -0.2) is 4.79 Å². The summed E-state index contributed by atoms with van der Waals surface area (Å²) in [7, 11) is 1.61. The van der Waals surface area contributed by atoms with Gasteiger partial charge in [-0.3, -0.25) is 0 Å². The second-order valence-electron chi connectivity index (χ2n) is 6.59. The van der Waals surface area contributed by atoms with Crippen molar-refractivity contribution in [1.82, 2.24) is 0 Å². The molecule has 142 valence electrons. The summed E-state index contributed by atoms with van der Waals surface area (Å²) in [6, 6.07) is 14.1. The second kappa shape index (κ2) is 7.71. The fourth-order valence-corrected chi connectivity index (χ4v) is 3.68. The Morgan fingerprint density at radius 3 is 2.45 bits per heavy atom. The van der Waals surface area contributed by atoms with E-state index in [1.54, 1.807) is 43.5 Å². The number of benzene rings is 2. The minimum atomic E-state index is -0.589. The Bertz CT molecular complexity index is 1180. The summed E-state index contributed by atoms with van der Waals surface area (Å²) in [5, 5.41) is 0.744. The zero-order valence-corrected chi connectivity index (χ0v) is 16.9. The Hall–Kier alpha value is -3.13. The molecular weight excluding hydrogens is 407 g/mol. The van der Waals surface area contributed by atoms with Gasteiger partial charge in [0.05, 0.1) is 12.1 Å². The lowest BCUT2D eigenvalue weighted by Crippen LogP contribution is -2.53. The molecule has 0 saturated heterocycles. The highest BCUT2D eigenvalue weighted by atomic mass is 35.5. The Labute approximate surface area is 178 Å². The van der Waals surface area contributed by atoms with E-state index in [1.807, 2.05) is 30.3 Å². The van der Waals surface area contributed by atoms with Crippen molar-refractivity contribution < 1.29 is 14.2 Å². The first kappa shape index (κ1) is 19.2. The van der Waals surface area contributed by atoms with Crippen molar-refractivity contribution in [2.24, 2.45) is 5.92 Å². The van der Waals surface area contributed by atoms with E-state index in [-0.39, 0.29) is 10.9 Å². The molecule has 0 spiro atoms. The van der Waals surface area contributed by atoms with Crippen LogP contribution in [0.2, 0.25) is 5.02 Å². The molecule has 0 fully saturated rings. The van der Waals surface area contributed by atoms with Crippen LogP contribution in [-0.2, 0) is 4.79 Å². The molecule has 4 rings (SSSR count). The number of hydrogen-bond donors (Lipinski definition) is 0. The molecule has 1 heterocycles. The van der Waals surface area contributed by atoms with Crippen molar-refractivity contribution >= 4 is 46.5 Å². The average Bonchev–Trinajstić information content (AvgIpc) is 2.72. The summed E-state index contributed by atoms with van der Waals surface area (Å²) in [6.07, 6.45) is 4.96. The third kappa shape index (κ3) is 3.63. The lowest BCUT2D eigenvalue weighted by atomic mass is 9.94. The van der Waals surface area contributed by atoms with Gasteiger partial charge in [0.1, 0.15) is 11.6 Å². The molecule has 0 radical (unpaired) electrons. The largest absolute Gasteiger partial charge is 0.506 e. The lowest BCUT2D eigenvalue weighted by molar-refractivity contribution is -0.393.